The van der Waals surface area contributed by atoms with Gasteiger partial charge in [-0.05, 0) is 49.9 Å². The third-order valence-corrected chi connectivity index (χ3v) is 5.36. The number of rotatable bonds is 9. The van der Waals surface area contributed by atoms with Crippen molar-refractivity contribution >= 4 is 29.1 Å². The number of benzene rings is 1. The molecule has 0 aliphatic carbocycles. The topological polar surface area (TPSA) is 64.0 Å². The van der Waals surface area contributed by atoms with Crippen LogP contribution in [0.3, 0.4) is 0 Å². The van der Waals surface area contributed by atoms with Crippen molar-refractivity contribution in [3.05, 3.63) is 41.2 Å². The van der Waals surface area contributed by atoms with Gasteiger partial charge in [-0.1, -0.05) is 39.5 Å². The molecule has 1 aromatic heterocycles. The van der Waals surface area contributed by atoms with Crippen molar-refractivity contribution in [2.45, 2.75) is 59.7 Å². The van der Waals surface area contributed by atoms with Crippen molar-refractivity contribution in [3.63, 3.8) is 0 Å². The molecule has 152 valence electrons. The summed E-state index contributed by atoms with van der Waals surface area (Å²) >= 11 is 1.48. The van der Waals surface area contributed by atoms with Crippen LogP contribution in [0.1, 0.15) is 55.9 Å². The van der Waals surface area contributed by atoms with Crippen molar-refractivity contribution in [3.8, 4) is 0 Å². The van der Waals surface area contributed by atoms with Gasteiger partial charge in [0.2, 0.25) is 5.91 Å². The second-order valence-electron chi connectivity index (χ2n) is 8.00. The second kappa shape index (κ2) is 9.92. The van der Waals surface area contributed by atoms with E-state index in [4.69, 9.17) is 0 Å². The van der Waals surface area contributed by atoms with Crippen molar-refractivity contribution in [2.75, 3.05) is 11.1 Å². The SMILES string of the molecule is Cc1nc(SCC(=O)c2ccc(NC(=O)CC(C)C)cc2)n(CC(C)C)c1C. The molecule has 0 radical (unpaired) electrons. The fourth-order valence-electron chi connectivity index (χ4n) is 2.85. The minimum absolute atomic E-state index is 0.00707. The van der Waals surface area contributed by atoms with Gasteiger partial charge in [0.15, 0.2) is 10.9 Å². The van der Waals surface area contributed by atoms with Gasteiger partial charge in [-0.2, -0.15) is 0 Å². The van der Waals surface area contributed by atoms with Crippen LogP contribution in [0, 0.1) is 25.7 Å². The smallest absolute Gasteiger partial charge is 0.224 e. The largest absolute Gasteiger partial charge is 0.326 e. The molecule has 0 atom stereocenters. The first-order valence-electron chi connectivity index (χ1n) is 9.77. The predicted octanol–water partition coefficient (Wildman–Crippen LogP) is 5.12. The van der Waals surface area contributed by atoms with Crippen LogP contribution in [0.5, 0.6) is 0 Å². The maximum atomic E-state index is 12.6. The maximum absolute atomic E-state index is 12.6. The normalized spacial score (nSPS) is 11.3. The molecule has 5 nitrogen and oxygen atoms in total. The number of aromatic nitrogens is 2. The van der Waals surface area contributed by atoms with Crippen LogP contribution in [-0.4, -0.2) is 27.0 Å². The van der Waals surface area contributed by atoms with Crippen LogP contribution < -0.4 is 5.32 Å². The first kappa shape index (κ1) is 22.2. The standard InChI is InChI=1S/C22H31N3O2S/c1-14(2)11-21(27)24-19-9-7-18(8-10-19)20(26)13-28-22-23-16(5)17(6)25(22)12-15(3)4/h7-10,14-15H,11-13H2,1-6H3,(H,24,27). The zero-order chi connectivity index (χ0) is 20.8. The van der Waals surface area contributed by atoms with Crippen LogP contribution in [0.25, 0.3) is 0 Å². The van der Waals surface area contributed by atoms with Crippen LogP contribution in [0.15, 0.2) is 29.4 Å². The molecule has 0 saturated heterocycles. The minimum atomic E-state index is -0.00707. The Hall–Kier alpha value is -2.08. The van der Waals surface area contributed by atoms with Crippen molar-refractivity contribution in [1.82, 2.24) is 9.55 Å². The molecule has 0 aliphatic rings. The number of amides is 1. The summed E-state index contributed by atoms with van der Waals surface area (Å²) in [7, 11) is 0. The number of imidazole rings is 1. The average Bonchev–Trinajstić information content (AvgIpc) is 2.87. The van der Waals surface area contributed by atoms with Gasteiger partial charge in [0.05, 0.1) is 11.4 Å². The Balaban J connectivity index is 1.98. The number of hydrogen-bond acceptors (Lipinski definition) is 4. The molecule has 1 heterocycles. The molecule has 0 fully saturated rings. The van der Waals surface area contributed by atoms with Crippen LogP contribution in [0.2, 0.25) is 0 Å². The van der Waals surface area contributed by atoms with Gasteiger partial charge in [0, 0.05) is 29.9 Å². The summed E-state index contributed by atoms with van der Waals surface area (Å²) in [6.07, 6.45) is 0.485. The zero-order valence-corrected chi connectivity index (χ0v) is 18.5. The van der Waals surface area contributed by atoms with Crippen molar-refractivity contribution in [1.29, 1.82) is 0 Å². The highest BCUT2D eigenvalue weighted by molar-refractivity contribution is 7.99. The van der Waals surface area contributed by atoms with E-state index in [0.29, 0.717) is 35.3 Å². The number of hydrogen-bond donors (Lipinski definition) is 1. The monoisotopic (exact) mass is 401 g/mol. The number of ketones is 1. The molecular weight excluding hydrogens is 370 g/mol. The molecule has 0 aliphatic heterocycles. The fraction of sp³-hybridized carbons (Fsp3) is 0.500. The number of carbonyl (C=O) groups is 2. The Morgan fingerprint density at radius 1 is 1.07 bits per heavy atom. The number of carbonyl (C=O) groups excluding carboxylic acids is 2. The Kier molecular flexibility index (Phi) is 7.87. The van der Waals surface area contributed by atoms with Crippen LogP contribution >= 0.6 is 11.8 Å². The molecule has 2 rings (SSSR count). The van der Waals surface area contributed by atoms with Gasteiger partial charge >= 0.3 is 0 Å². The summed E-state index contributed by atoms with van der Waals surface area (Å²) in [4.78, 5) is 29.1. The molecule has 1 aromatic carbocycles. The summed E-state index contributed by atoms with van der Waals surface area (Å²) in [5.41, 5.74) is 3.53. The molecule has 1 amide bonds. The lowest BCUT2D eigenvalue weighted by molar-refractivity contribution is -0.116. The van der Waals surface area contributed by atoms with E-state index in [1.165, 1.54) is 11.8 Å². The summed E-state index contributed by atoms with van der Waals surface area (Å²) in [5, 5.41) is 3.76. The average molecular weight is 402 g/mol. The van der Waals surface area contributed by atoms with Gasteiger partial charge in [0.25, 0.3) is 0 Å². The lowest BCUT2D eigenvalue weighted by Crippen LogP contribution is -2.14. The molecule has 0 unspecified atom stereocenters. The van der Waals surface area contributed by atoms with Crippen molar-refractivity contribution < 1.29 is 9.59 Å². The molecular formula is C22H31N3O2S. The molecule has 0 bridgehead atoms. The van der Waals surface area contributed by atoms with Gasteiger partial charge < -0.3 is 9.88 Å². The lowest BCUT2D eigenvalue weighted by atomic mass is 10.1. The van der Waals surface area contributed by atoms with E-state index in [0.717, 1.165) is 23.1 Å². The summed E-state index contributed by atoms with van der Waals surface area (Å²) in [5.74, 6) is 1.22. The summed E-state index contributed by atoms with van der Waals surface area (Å²) in [6, 6.07) is 7.10. The van der Waals surface area contributed by atoms with Gasteiger partial charge in [-0.25, -0.2) is 4.98 Å². The van der Waals surface area contributed by atoms with E-state index in [1.54, 1.807) is 24.3 Å². The Morgan fingerprint density at radius 2 is 1.71 bits per heavy atom. The highest BCUT2D eigenvalue weighted by atomic mass is 32.2. The molecule has 2 aromatic rings. The third-order valence-electron chi connectivity index (χ3n) is 4.39. The molecule has 0 spiro atoms. The van der Waals surface area contributed by atoms with E-state index < -0.39 is 0 Å². The quantitative estimate of drug-likeness (QED) is 0.468. The van der Waals surface area contributed by atoms with Gasteiger partial charge in [-0.15, -0.1) is 0 Å². The van der Waals surface area contributed by atoms with E-state index in [2.05, 4.69) is 35.6 Å². The maximum Gasteiger partial charge on any atom is 0.224 e. The number of anilines is 1. The van der Waals surface area contributed by atoms with E-state index in [9.17, 15) is 9.59 Å². The number of aryl methyl sites for hydroxylation is 1. The molecule has 1 N–H and O–H groups in total. The van der Waals surface area contributed by atoms with E-state index in [1.807, 2.05) is 20.8 Å². The lowest BCUT2D eigenvalue weighted by Gasteiger charge is -2.12. The van der Waals surface area contributed by atoms with Crippen molar-refractivity contribution in [2.24, 2.45) is 11.8 Å². The Bertz CT molecular complexity index is 823. The third kappa shape index (κ3) is 6.23. The van der Waals surface area contributed by atoms with Crippen LogP contribution in [-0.2, 0) is 11.3 Å². The second-order valence-corrected chi connectivity index (χ2v) is 8.95. The number of nitrogens with one attached hydrogen (secondary N) is 1. The number of thioether (sulfide) groups is 1. The van der Waals surface area contributed by atoms with Gasteiger partial charge in [-0.3, -0.25) is 9.59 Å². The van der Waals surface area contributed by atoms with Gasteiger partial charge in [0.1, 0.15) is 0 Å². The summed E-state index contributed by atoms with van der Waals surface area (Å²) in [6.45, 7) is 13.3. The highest BCUT2D eigenvalue weighted by Crippen LogP contribution is 2.23. The molecule has 0 saturated carbocycles. The Morgan fingerprint density at radius 3 is 2.29 bits per heavy atom. The number of nitrogens with zero attached hydrogens (tertiary/aromatic N) is 2. The predicted molar refractivity (Wildman–Crippen MR) is 116 cm³/mol. The number of Topliss-reactive ketones (excluding diaryl/α,β-unsaturated/α-hetero) is 1. The molecule has 6 heteroatoms. The Labute approximate surface area is 172 Å². The minimum Gasteiger partial charge on any atom is -0.326 e. The first-order valence-corrected chi connectivity index (χ1v) is 10.8. The zero-order valence-electron chi connectivity index (χ0n) is 17.7. The van der Waals surface area contributed by atoms with E-state index in [-0.39, 0.29) is 11.7 Å². The summed E-state index contributed by atoms with van der Waals surface area (Å²) < 4.78 is 2.20. The van der Waals surface area contributed by atoms with Crippen LogP contribution in [0.4, 0.5) is 5.69 Å². The molecule has 28 heavy (non-hydrogen) atoms. The highest BCUT2D eigenvalue weighted by Gasteiger charge is 2.15. The van der Waals surface area contributed by atoms with E-state index >= 15 is 0 Å². The fourth-order valence-corrected chi connectivity index (χ4v) is 3.85. The first-order chi connectivity index (χ1) is 13.2.